The van der Waals surface area contributed by atoms with Crippen molar-refractivity contribution in [1.29, 1.82) is 0 Å². The smallest absolute Gasteiger partial charge is 0.239 e. The van der Waals surface area contributed by atoms with Crippen molar-refractivity contribution in [3.05, 3.63) is 48.5 Å². The number of H-pyrrole nitrogens is 1. The van der Waals surface area contributed by atoms with E-state index >= 15 is 0 Å². The van der Waals surface area contributed by atoms with Crippen molar-refractivity contribution in [3.63, 3.8) is 0 Å². The fraction of sp³-hybridized carbons (Fsp3) is 0.231. The number of hydrogen-bond donors (Lipinski definition) is 3. The zero-order valence-electron chi connectivity index (χ0n) is 10.0. The second-order valence-corrected chi connectivity index (χ2v) is 3.90. The number of amides is 1. The standard InChI is InChI=1S/C13H16N4O/c18-13(9-16-11-4-2-1-3-5-11)15-7-6-12-8-14-10-17-12/h1-5,8,10,16H,6-7,9H2,(H,14,17)(H,15,18). The topological polar surface area (TPSA) is 69.8 Å². The molecule has 0 atom stereocenters. The first-order valence-corrected chi connectivity index (χ1v) is 5.87. The minimum Gasteiger partial charge on any atom is -0.376 e. The normalized spacial score (nSPS) is 10.0. The van der Waals surface area contributed by atoms with E-state index in [1.54, 1.807) is 12.5 Å². The molecule has 2 aromatic rings. The quantitative estimate of drug-likeness (QED) is 0.714. The summed E-state index contributed by atoms with van der Waals surface area (Å²) in [6.07, 6.45) is 4.15. The van der Waals surface area contributed by atoms with Crippen LogP contribution >= 0.6 is 0 Å². The van der Waals surface area contributed by atoms with Gasteiger partial charge in [-0.3, -0.25) is 4.79 Å². The maximum Gasteiger partial charge on any atom is 0.239 e. The van der Waals surface area contributed by atoms with Crippen molar-refractivity contribution in [2.24, 2.45) is 0 Å². The monoisotopic (exact) mass is 244 g/mol. The van der Waals surface area contributed by atoms with Crippen LogP contribution in [-0.2, 0) is 11.2 Å². The lowest BCUT2D eigenvalue weighted by Crippen LogP contribution is -2.31. The lowest BCUT2D eigenvalue weighted by molar-refractivity contribution is -0.119. The molecule has 0 bridgehead atoms. The van der Waals surface area contributed by atoms with Gasteiger partial charge < -0.3 is 15.6 Å². The minimum atomic E-state index is -0.0154. The molecule has 18 heavy (non-hydrogen) atoms. The summed E-state index contributed by atoms with van der Waals surface area (Å²) in [6, 6.07) is 9.66. The highest BCUT2D eigenvalue weighted by molar-refractivity contribution is 5.80. The molecule has 0 aliphatic heterocycles. The van der Waals surface area contributed by atoms with Crippen molar-refractivity contribution < 1.29 is 4.79 Å². The van der Waals surface area contributed by atoms with Crippen molar-refractivity contribution in [2.45, 2.75) is 6.42 Å². The number of nitrogens with zero attached hydrogens (tertiary/aromatic N) is 1. The number of rotatable bonds is 6. The van der Waals surface area contributed by atoms with Crippen LogP contribution in [0.2, 0.25) is 0 Å². The number of carbonyl (C=O) groups is 1. The largest absolute Gasteiger partial charge is 0.376 e. The van der Waals surface area contributed by atoms with Crippen LogP contribution in [0.4, 0.5) is 5.69 Å². The zero-order valence-corrected chi connectivity index (χ0v) is 10.0. The Morgan fingerprint density at radius 2 is 2.11 bits per heavy atom. The van der Waals surface area contributed by atoms with Gasteiger partial charge in [0, 0.05) is 30.5 Å². The van der Waals surface area contributed by atoms with Crippen molar-refractivity contribution in [3.8, 4) is 0 Å². The third-order valence-electron chi connectivity index (χ3n) is 2.50. The average Bonchev–Trinajstić information content (AvgIpc) is 2.91. The minimum absolute atomic E-state index is 0.0154. The summed E-state index contributed by atoms with van der Waals surface area (Å²) >= 11 is 0. The summed E-state index contributed by atoms with van der Waals surface area (Å²) < 4.78 is 0. The molecule has 0 spiro atoms. The Kier molecular flexibility index (Phi) is 4.35. The molecule has 0 aliphatic carbocycles. The molecule has 2 rings (SSSR count). The van der Waals surface area contributed by atoms with E-state index in [9.17, 15) is 4.79 Å². The third kappa shape index (κ3) is 3.93. The van der Waals surface area contributed by atoms with Crippen LogP contribution < -0.4 is 10.6 Å². The number of para-hydroxylation sites is 1. The molecule has 0 unspecified atom stereocenters. The van der Waals surface area contributed by atoms with E-state index in [0.29, 0.717) is 6.54 Å². The van der Waals surface area contributed by atoms with Gasteiger partial charge in [-0.1, -0.05) is 18.2 Å². The summed E-state index contributed by atoms with van der Waals surface area (Å²) in [5.74, 6) is -0.0154. The highest BCUT2D eigenvalue weighted by Gasteiger charge is 2.00. The predicted octanol–water partition coefficient (Wildman–Crippen LogP) is 1.18. The molecule has 0 aliphatic rings. The molecular formula is C13H16N4O. The van der Waals surface area contributed by atoms with Crippen LogP contribution in [0.5, 0.6) is 0 Å². The van der Waals surface area contributed by atoms with Gasteiger partial charge in [0.15, 0.2) is 0 Å². The van der Waals surface area contributed by atoms with E-state index in [1.807, 2.05) is 30.3 Å². The van der Waals surface area contributed by atoms with E-state index in [-0.39, 0.29) is 12.5 Å². The first kappa shape index (κ1) is 12.2. The maximum atomic E-state index is 11.5. The number of benzene rings is 1. The molecular weight excluding hydrogens is 228 g/mol. The van der Waals surface area contributed by atoms with Crippen LogP contribution in [0.25, 0.3) is 0 Å². The molecule has 3 N–H and O–H groups in total. The Morgan fingerprint density at radius 1 is 1.28 bits per heavy atom. The molecule has 0 saturated carbocycles. The summed E-state index contributed by atoms with van der Waals surface area (Å²) in [5, 5.41) is 5.90. The number of anilines is 1. The molecule has 1 amide bonds. The second-order valence-electron chi connectivity index (χ2n) is 3.90. The van der Waals surface area contributed by atoms with Gasteiger partial charge in [-0.15, -0.1) is 0 Å². The number of imidazole rings is 1. The number of nitrogens with one attached hydrogen (secondary N) is 3. The van der Waals surface area contributed by atoms with Gasteiger partial charge in [0.25, 0.3) is 0 Å². The van der Waals surface area contributed by atoms with Crippen molar-refractivity contribution in [2.75, 3.05) is 18.4 Å². The molecule has 1 aromatic carbocycles. The Labute approximate surface area is 106 Å². The summed E-state index contributed by atoms with van der Waals surface area (Å²) in [4.78, 5) is 18.5. The van der Waals surface area contributed by atoms with Gasteiger partial charge in [0.2, 0.25) is 5.91 Å². The van der Waals surface area contributed by atoms with Crippen LogP contribution in [0.3, 0.4) is 0 Å². The van der Waals surface area contributed by atoms with Gasteiger partial charge in [-0.25, -0.2) is 4.98 Å². The number of aromatic amines is 1. The Bertz CT molecular complexity index is 467. The van der Waals surface area contributed by atoms with Gasteiger partial charge >= 0.3 is 0 Å². The maximum absolute atomic E-state index is 11.5. The number of aromatic nitrogens is 2. The summed E-state index contributed by atoms with van der Waals surface area (Å²) in [7, 11) is 0. The van der Waals surface area contributed by atoms with E-state index in [1.165, 1.54) is 0 Å². The molecule has 0 fully saturated rings. The highest BCUT2D eigenvalue weighted by Crippen LogP contribution is 2.03. The van der Waals surface area contributed by atoms with Crippen LogP contribution in [0.15, 0.2) is 42.9 Å². The number of carbonyl (C=O) groups excluding carboxylic acids is 1. The molecule has 1 heterocycles. The van der Waals surface area contributed by atoms with Crippen LogP contribution in [0, 0.1) is 0 Å². The van der Waals surface area contributed by atoms with Crippen molar-refractivity contribution in [1.82, 2.24) is 15.3 Å². The summed E-state index contributed by atoms with van der Waals surface area (Å²) in [6.45, 7) is 0.893. The van der Waals surface area contributed by atoms with Gasteiger partial charge in [0.1, 0.15) is 0 Å². The van der Waals surface area contributed by atoms with Gasteiger partial charge in [-0.2, -0.15) is 0 Å². The zero-order chi connectivity index (χ0) is 12.6. The Morgan fingerprint density at radius 3 is 2.83 bits per heavy atom. The predicted molar refractivity (Wildman–Crippen MR) is 70.2 cm³/mol. The SMILES string of the molecule is O=C(CNc1ccccc1)NCCc1cnc[nH]1. The molecule has 1 aromatic heterocycles. The van der Waals surface area contributed by atoms with E-state index in [2.05, 4.69) is 20.6 Å². The van der Waals surface area contributed by atoms with Crippen LogP contribution in [0.1, 0.15) is 5.69 Å². The van der Waals surface area contributed by atoms with Crippen LogP contribution in [-0.4, -0.2) is 29.0 Å². The third-order valence-corrected chi connectivity index (χ3v) is 2.50. The fourth-order valence-electron chi connectivity index (χ4n) is 1.56. The van der Waals surface area contributed by atoms with E-state index < -0.39 is 0 Å². The van der Waals surface area contributed by atoms with E-state index in [0.717, 1.165) is 17.8 Å². The number of hydrogen-bond acceptors (Lipinski definition) is 3. The average molecular weight is 244 g/mol. The molecule has 0 radical (unpaired) electrons. The van der Waals surface area contributed by atoms with Gasteiger partial charge in [-0.05, 0) is 12.1 Å². The Hall–Kier alpha value is -2.30. The molecule has 94 valence electrons. The van der Waals surface area contributed by atoms with Crippen molar-refractivity contribution >= 4 is 11.6 Å². The fourth-order valence-corrected chi connectivity index (χ4v) is 1.56. The lowest BCUT2D eigenvalue weighted by Gasteiger charge is -2.07. The first-order valence-electron chi connectivity index (χ1n) is 5.87. The second kappa shape index (κ2) is 6.44. The summed E-state index contributed by atoms with van der Waals surface area (Å²) in [5.41, 5.74) is 1.97. The molecule has 0 saturated heterocycles. The Balaban J connectivity index is 1.63. The first-order chi connectivity index (χ1) is 8.84. The van der Waals surface area contributed by atoms with Gasteiger partial charge in [0.05, 0.1) is 12.9 Å². The molecule has 5 heteroatoms. The van der Waals surface area contributed by atoms with E-state index in [4.69, 9.17) is 0 Å². The highest BCUT2D eigenvalue weighted by atomic mass is 16.1. The molecule has 5 nitrogen and oxygen atoms in total. The lowest BCUT2D eigenvalue weighted by atomic mass is 10.3.